The van der Waals surface area contributed by atoms with E-state index in [0.29, 0.717) is 5.03 Å². The van der Waals surface area contributed by atoms with Crippen molar-refractivity contribution in [3.8, 4) is 36.0 Å². The fraction of sp³-hybridized carbons (Fsp3) is 0.212. The molecule has 0 aromatic heterocycles. The molecule has 36 heavy (non-hydrogen) atoms. The number of aliphatic hydroxyl groups is 1. The van der Waals surface area contributed by atoms with E-state index in [4.69, 9.17) is 18.0 Å². The summed E-state index contributed by atoms with van der Waals surface area (Å²) in [5.41, 5.74) is 0.455. The highest BCUT2D eigenvalue weighted by atomic mass is 35.5. The Kier molecular flexibility index (Phi) is 8.35. The van der Waals surface area contributed by atoms with E-state index in [0.717, 1.165) is 16.3 Å². The third kappa shape index (κ3) is 6.02. The van der Waals surface area contributed by atoms with Crippen molar-refractivity contribution in [2.45, 2.75) is 45.3 Å². The predicted molar refractivity (Wildman–Crippen MR) is 156 cm³/mol. The van der Waals surface area contributed by atoms with Gasteiger partial charge in [-0.25, -0.2) is 0 Å². The summed E-state index contributed by atoms with van der Waals surface area (Å²) >= 11 is 7.06. The molecule has 180 valence electrons. The minimum Gasteiger partial charge on any atom is -0.378 e. The molecule has 3 aromatic rings. The lowest BCUT2D eigenvalue weighted by Gasteiger charge is -2.44. The Bertz CT molecular complexity index is 1350. The maximum absolute atomic E-state index is 10.3. The lowest BCUT2D eigenvalue weighted by Crippen LogP contribution is -2.66. The topological polar surface area (TPSA) is 20.2 Å². The molecule has 0 bridgehead atoms. The maximum atomic E-state index is 10.3. The van der Waals surface area contributed by atoms with Gasteiger partial charge >= 0.3 is 0 Å². The third-order valence-corrected chi connectivity index (χ3v) is 12.2. The van der Waals surface area contributed by atoms with Crippen molar-refractivity contribution in [2.24, 2.45) is 0 Å². The summed E-state index contributed by atoms with van der Waals surface area (Å²) in [6.07, 6.45) is 5.52. The van der Waals surface area contributed by atoms with Crippen LogP contribution in [-0.2, 0) is 0 Å². The summed E-state index contributed by atoms with van der Waals surface area (Å²) in [6, 6.07) is 28.6. The molecule has 0 spiro atoms. The lowest BCUT2D eigenvalue weighted by atomic mass is 10.1. The molecule has 0 fully saturated rings. The normalized spacial score (nSPS) is 12.3. The second-order valence-corrected chi connectivity index (χ2v) is 15.2. The number of halogens is 1. The minimum atomic E-state index is -2.85. The van der Waals surface area contributed by atoms with Crippen LogP contribution in [0.4, 0.5) is 0 Å². The van der Waals surface area contributed by atoms with Crippen LogP contribution in [0.25, 0.3) is 0 Å². The van der Waals surface area contributed by atoms with Crippen LogP contribution in [0, 0.1) is 36.0 Å². The molecule has 3 heteroatoms. The molecule has 0 unspecified atom stereocenters. The molecule has 0 amide bonds. The zero-order valence-corrected chi connectivity index (χ0v) is 23.2. The van der Waals surface area contributed by atoms with Gasteiger partial charge in [-0.15, -0.1) is 6.42 Å². The second kappa shape index (κ2) is 11.1. The van der Waals surface area contributed by atoms with E-state index in [9.17, 15) is 5.11 Å². The van der Waals surface area contributed by atoms with Gasteiger partial charge in [-0.05, 0) is 53.5 Å². The van der Waals surface area contributed by atoms with E-state index in [1.54, 1.807) is 13.8 Å². The van der Waals surface area contributed by atoms with Crippen LogP contribution < -0.4 is 10.4 Å². The van der Waals surface area contributed by atoms with Gasteiger partial charge in [-0.2, -0.15) is 0 Å². The highest BCUT2D eigenvalue weighted by Gasteiger charge is 2.51. The summed E-state index contributed by atoms with van der Waals surface area (Å²) in [4.78, 5) is 0. The van der Waals surface area contributed by atoms with Crippen LogP contribution in [0.5, 0.6) is 0 Å². The van der Waals surface area contributed by atoms with E-state index >= 15 is 0 Å². The van der Waals surface area contributed by atoms with Crippen LogP contribution in [0.15, 0.2) is 95.2 Å². The van der Waals surface area contributed by atoms with Gasteiger partial charge in [0.25, 0.3) is 0 Å². The molecule has 0 aliphatic heterocycles. The molecule has 0 heterocycles. The second-order valence-electron chi connectivity index (χ2n) is 10.2. The van der Waals surface area contributed by atoms with Crippen molar-refractivity contribution < 1.29 is 5.11 Å². The number of hydrogen-bond donors (Lipinski definition) is 1. The van der Waals surface area contributed by atoms with Gasteiger partial charge in [0.2, 0.25) is 0 Å². The van der Waals surface area contributed by atoms with Crippen molar-refractivity contribution in [3.05, 3.63) is 106 Å². The molecule has 0 radical (unpaired) electrons. The van der Waals surface area contributed by atoms with E-state index in [1.165, 1.54) is 10.4 Å². The number of rotatable bonds is 3. The summed E-state index contributed by atoms with van der Waals surface area (Å²) in [6.45, 7) is 10.0. The first-order valence-corrected chi connectivity index (χ1v) is 14.2. The number of benzene rings is 3. The molecular formula is C33H31ClOSi. The average Bonchev–Trinajstić information content (AvgIpc) is 2.85. The van der Waals surface area contributed by atoms with Crippen molar-refractivity contribution in [1.82, 2.24) is 0 Å². The van der Waals surface area contributed by atoms with Crippen LogP contribution >= 0.6 is 11.6 Å². The number of terminal acetylenes is 1. The lowest BCUT2D eigenvalue weighted by molar-refractivity contribution is 0.143. The minimum absolute atomic E-state index is 0.219. The largest absolute Gasteiger partial charge is 0.378 e. The summed E-state index contributed by atoms with van der Waals surface area (Å²) in [5, 5.41) is 13.6. The van der Waals surface area contributed by atoms with Crippen LogP contribution in [0.1, 0.15) is 45.7 Å². The molecule has 1 N–H and O–H groups in total. The fourth-order valence-corrected chi connectivity index (χ4v) is 10.4. The van der Waals surface area contributed by atoms with Gasteiger partial charge in [0.1, 0.15) is 5.60 Å². The first kappa shape index (κ1) is 27.1. The standard InChI is InChI=1S/C33H31ClOSi/c1-7-26-18-20-27(21-19-26)22-23-31(30(34)24-25-33(5,6)35)36(32(2,3)4,28-14-10-8-11-15-28)29-16-12-9-13-17-29/h1,8-21,35H,2-6H3/b31-30+. The third-order valence-electron chi connectivity index (χ3n) is 5.99. The maximum Gasteiger partial charge on any atom is 0.166 e. The number of hydrogen-bond acceptors (Lipinski definition) is 1. The summed E-state index contributed by atoms with van der Waals surface area (Å²) in [7, 11) is -2.85. The van der Waals surface area contributed by atoms with Crippen LogP contribution in [0.2, 0.25) is 5.04 Å². The van der Waals surface area contributed by atoms with E-state index in [-0.39, 0.29) is 5.04 Å². The Morgan fingerprint density at radius 1 is 0.750 bits per heavy atom. The molecule has 0 aliphatic carbocycles. The fourth-order valence-electron chi connectivity index (χ4n) is 4.44. The molecule has 0 atom stereocenters. The van der Waals surface area contributed by atoms with Crippen LogP contribution in [0.3, 0.4) is 0 Å². The first-order chi connectivity index (χ1) is 17.0. The van der Waals surface area contributed by atoms with Gasteiger partial charge in [0.05, 0.1) is 5.03 Å². The van der Waals surface area contributed by atoms with Gasteiger partial charge in [0, 0.05) is 16.3 Å². The molecule has 0 aliphatic rings. The van der Waals surface area contributed by atoms with Gasteiger partial charge < -0.3 is 5.11 Å². The average molecular weight is 507 g/mol. The Hall–Kier alpha value is -3.45. The Morgan fingerprint density at radius 3 is 1.64 bits per heavy atom. The Labute approximate surface area is 222 Å². The Morgan fingerprint density at radius 2 is 1.22 bits per heavy atom. The predicted octanol–water partition coefficient (Wildman–Crippen LogP) is 5.89. The monoisotopic (exact) mass is 506 g/mol. The molecular weight excluding hydrogens is 476 g/mol. The van der Waals surface area contributed by atoms with Crippen LogP contribution in [-0.4, -0.2) is 18.8 Å². The smallest absolute Gasteiger partial charge is 0.166 e. The molecule has 0 saturated heterocycles. The molecule has 0 saturated carbocycles. The van der Waals surface area contributed by atoms with E-state index < -0.39 is 13.7 Å². The SMILES string of the molecule is C#Cc1ccc(C#C/C(=C(\Cl)C#CC(C)(C)O)[Si](c2ccccc2)(c2ccccc2)C(C)(C)C)cc1. The number of allylic oxidation sites excluding steroid dienone is 2. The van der Waals surface area contributed by atoms with E-state index in [2.05, 4.69) is 98.9 Å². The van der Waals surface area contributed by atoms with Crippen molar-refractivity contribution in [1.29, 1.82) is 0 Å². The Balaban J connectivity index is 2.46. The molecule has 1 nitrogen and oxygen atoms in total. The molecule has 3 aromatic carbocycles. The first-order valence-electron chi connectivity index (χ1n) is 11.8. The van der Waals surface area contributed by atoms with Gasteiger partial charge in [-0.3, -0.25) is 0 Å². The summed E-state index contributed by atoms with van der Waals surface area (Å²) < 4.78 is 0. The van der Waals surface area contributed by atoms with Crippen molar-refractivity contribution in [3.63, 3.8) is 0 Å². The zero-order chi connectivity index (χ0) is 26.4. The van der Waals surface area contributed by atoms with Crippen molar-refractivity contribution in [2.75, 3.05) is 0 Å². The molecule has 3 rings (SSSR count). The highest BCUT2D eigenvalue weighted by molar-refractivity contribution is 7.10. The summed E-state index contributed by atoms with van der Waals surface area (Å²) in [5.74, 6) is 15.4. The van der Waals surface area contributed by atoms with Crippen molar-refractivity contribution >= 4 is 30.0 Å². The van der Waals surface area contributed by atoms with Gasteiger partial charge in [-0.1, -0.05) is 123 Å². The van der Waals surface area contributed by atoms with E-state index in [1.807, 2.05) is 36.4 Å². The zero-order valence-electron chi connectivity index (χ0n) is 21.5. The van der Waals surface area contributed by atoms with Gasteiger partial charge in [0.15, 0.2) is 8.07 Å². The quantitative estimate of drug-likeness (QED) is 0.347. The highest BCUT2D eigenvalue weighted by Crippen LogP contribution is 2.42.